The summed E-state index contributed by atoms with van der Waals surface area (Å²) in [6, 6.07) is 10.0. The normalized spacial score (nSPS) is 18.7. The summed E-state index contributed by atoms with van der Waals surface area (Å²) in [5.41, 5.74) is 2.96. The molecule has 0 radical (unpaired) electrons. The molecule has 2 N–H and O–H groups in total. The number of aromatic nitrogens is 1. The van der Waals surface area contributed by atoms with Crippen LogP contribution in [0.25, 0.3) is 0 Å². The number of piperazine rings is 1. The van der Waals surface area contributed by atoms with E-state index in [-0.39, 0.29) is 29.6 Å². The van der Waals surface area contributed by atoms with Gasteiger partial charge in [-0.15, -0.1) is 11.3 Å². The fourth-order valence-corrected chi connectivity index (χ4v) is 5.73. The largest absolute Gasteiger partial charge is 0.487 e. The maximum atomic E-state index is 14.4. The summed E-state index contributed by atoms with van der Waals surface area (Å²) in [4.78, 5) is 63.2. The Hall–Kier alpha value is -4.29. The van der Waals surface area contributed by atoms with E-state index in [1.165, 1.54) is 28.4 Å². The van der Waals surface area contributed by atoms with E-state index in [0.29, 0.717) is 29.4 Å². The van der Waals surface area contributed by atoms with Gasteiger partial charge in [-0.05, 0) is 50.6 Å². The molecule has 11 nitrogen and oxygen atoms in total. The number of carboxylic acid groups (broad SMARTS) is 1. The van der Waals surface area contributed by atoms with Gasteiger partial charge in [0.2, 0.25) is 5.91 Å². The van der Waals surface area contributed by atoms with E-state index in [2.05, 4.69) is 10.3 Å². The molecule has 0 unspecified atom stereocenters. The number of aliphatic carboxylic acids is 1. The third-order valence-electron chi connectivity index (χ3n) is 6.82. The minimum absolute atomic E-state index is 0.120. The lowest BCUT2D eigenvalue weighted by Crippen LogP contribution is -2.55. The number of rotatable bonds is 7. The number of hydrogen-bond acceptors (Lipinski definition) is 8. The summed E-state index contributed by atoms with van der Waals surface area (Å²) in [6.07, 6.45) is -0.679. The molecule has 0 bridgehead atoms. The van der Waals surface area contributed by atoms with Gasteiger partial charge < -0.3 is 20.1 Å². The van der Waals surface area contributed by atoms with Crippen molar-refractivity contribution < 1.29 is 29.0 Å². The fraction of sp³-hybridized carbons (Fsp3) is 0.333. The molecule has 2 aliphatic heterocycles. The predicted octanol–water partition coefficient (Wildman–Crippen LogP) is 4.73. The van der Waals surface area contributed by atoms with Crippen LogP contribution in [0.1, 0.15) is 66.5 Å². The highest BCUT2D eigenvalue weighted by molar-refractivity contribution is 7.07. The number of ketones is 1. The molecular weight excluding hydrogens is 594 g/mol. The summed E-state index contributed by atoms with van der Waals surface area (Å²) in [7, 11) is 0. The molecule has 3 heterocycles. The number of hydrogen-bond donors (Lipinski definition) is 2. The lowest BCUT2D eigenvalue weighted by molar-refractivity contribution is -0.136. The molecular formula is C30H30ClN5O6S. The van der Waals surface area contributed by atoms with Crippen LogP contribution in [-0.2, 0) is 9.59 Å². The lowest BCUT2D eigenvalue weighted by atomic mass is 9.97. The van der Waals surface area contributed by atoms with Gasteiger partial charge in [0.15, 0.2) is 5.78 Å². The van der Waals surface area contributed by atoms with Crippen LogP contribution in [0.3, 0.4) is 0 Å². The van der Waals surface area contributed by atoms with Crippen molar-refractivity contribution in [3.05, 3.63) is 80.8 Å². The third kappa shape index (κ3) is 6.70. The summed E-state index contributed by atoms with van der Waals surface area (Å²) in [5.74, 6) is -1.57. The first-order chi connectivity index (χ1) is 20.4. The van der Waals surface area contributed by atoms with Crippen molar-refractivity contribution in [1.29, 1.82) is 0 Å². The van der Waals surface area contributed by atoms with Gasteiger partial charge >= 0.3 is 12.0 Å². The minimum Gasteiger partial charge on any atom is -0.487 e. The smallest absolute Gasteiger partial charge is 0.326 e. The van der Waals surface area contributed by atoms with Gasteiger partial charge in [-0.1, -0.05) is 29.8 Å². The Kier molecular flexibility index (Phi) is 8.52. The average Bonchev–Trinajstić information content (AvgIpc) is 3.60. The number of nitrogens with zero attached hydrogens (tertiary/aromatic N) is 4. The van der Waals surface area contributed by atoms with Crippen molar-refractivity contribution in [3.8, 4) is 5.75 Å². The van der Waals surface area contributed by atoms with Gasteiger partial charge in [0.1, 0.15) is 36.2 Å². The van der Waals surface area contributed by atoms with Crippen molar-refractivity contribution in [2.75, 3.05) is 19.6 Å². The maximum Gasteiger partial charge on any atom is 0.326 e. The van der Waals surface area contributed by atoms with Gasteiger partial charge in [-0.25, -0.2) is 9.78 Å². The molecule has 3 aromatic rings. The van der Waals surface area contributed by atoms with E-state index in [0.717, 1.165) is 5.56 Å². The zero-order chi connectivity index (χ0) is 30.9. The standard InChI is InChI=1S/C30H30ClN5O6S/c1-30(2,3)42-23-12-18(22(37)13-25(39)40)6-9-20(23)28-34-26(21-15-43-16-33-21)27(17-4-7-19(31)8-5-17)36(28)29(41)35-11-10-32-24(38)14-35/h4-9,12,15-16,26-27H,10-11,13-14H2,1-3H3,(H,32,38)(H,39,40)/t26-,27+/m0/s1. The van der Waals surface area contributed by atoms with E-state index >= 15 is 0 Å². The number of Topliss-reactive ketones (excluding diaryl/α,β-unsaturated/α-hetero) is 1. The van der Waals surface area contributed by atoms with Crippen LogP contribution in [-0.4, -0.2) is 74.7 Å². The molecule has 0 saturated carbocycles. The number of aliphatic imine (C=N–C) groups is 1. The first kappa shape index (κ1) is 30.2. The Morgan fingerprint density at radius 2 is 1.91 bits per heavy atom. The number of halogens is 1. The molecule has 13 heteroatoms. The number of ether oxygens (including phenoxy) is 1. The van der Waals surface area contributed by atoms with E-state index in [1.54, 1.807) is 28.6 Å². The highest BCUT2D eigenvalue weighted by atomic mass is 35.5. The third-order valence-corrected chi connectivity index (χ3v) is 7.68. The van der Waals surface area contributed by atoms with E-state index in [9.17, 15) is 24.3 Å². The number of amidine groups is 1. The molecule has 1 fully saturated rings. The second kappa shape index (κ2) is 12.1. The second-order valence-corrected chi connectivity index (χ2v) is 12.3. The first-order valence-electron chi connectivity index (χ1n) is 13.6. The Bertz CT molecular complexity index is 1590. The van der Waals surface area contributed by atoms with E-state index in [4.69, 9.17) is 21.3 Å². The number of thiazole rings is 1. The highest BCUT2D eigenvalue weighted by Crippen LogP contribution is 2.45. The van der Waals surface area contributed by atoms with Gasteiger partial charge in [-0.2, -0.15) is 0 Å². The number of nitrogens with one attached hydrogen (secondary N) is 1. The van der Waals surface area contributed by atoms with E-state index in [1.807, 2.05) is 38.3 Å². The molecule has 2 aromatic carbocycles. The van der Waals surface area contributed by atoms with Crippen LogP contribution in [0.4, 0.5) is 4.79 Å². The van der Waals surface area contributed by atoms with Crippen molar-refractivity contribution in [2.24, 2.45) is 4.99 Å². The molecule has 0 aliphatic carbocycles. The number of carbonyl (C=O) groups is 4. The number of carboxylic acids is 1. The second-order valence-electron chi connectivity index (χ2n) is 11.2. The quantitative estimate of drug-likeness (QED) is 0.286. The van der Waals surface area contributed by atoms with Crippen LogP contribution in [0, 0.1) is 0 Å². The van der Waals surface area contributed by atoms with Crippen LogP contribution in [0.5, 0.6) is 5.75 Å². The van der Waals surface area contributed by atoms with Crippen molar-refractivity contribution in [3.63, 3.8) is 0 Å². The molecule has 1 saturated heterocycles. The molecule has 3 amide bonds. The van der Waals surface area contributed by atoms with Gasteiger partial charge in [0.05, 0.1) is 22.8 Å². The summed E-state index contributed by atoms with van der Waals surface area (Å²) < 4.78 is 6.29. The van der Waals surface area contributed by atoms with Crippen LogP contribution in [0.2, 0.25) is 5.02 Å². The fourth-order valence-electron chi connectivity index (χ4n) is 5.02. The summed E-state index contributed by atoms with van der Waals surface area (Å²) >= 11 is 7.62. The number of amides is 3. The van der Waals surface area contributed by atoms with Crippen molar-refractivity contribution >= 4 is 52.5 Å². The predicted molar refractivity (Wildman–Crippen MR) is 161 cm³/mol. The Morgan fingerprint density at radius 3 is 2.53 bits per heavy atom. The Morgan fingerprint density at radius 1 is 1.16 bits per heavy atom. The SMILES string of the molecule is CC(C)(C)Oc1cc(C(=O)CC(=O)O)ccc1C1=N[C@@H](c2cscn2)[C@@H](c2ccc(Cl)cc2)N1C(=O)N1CCNC(=O)C1. The zero-order valence-corrected chi connectivity index (χ0v) is 25.3. The van der Waals surface area contributed by atoms with Gasteiger partial charge in [-0.3, -0.25) is 24.3 Å². The van der Waals surface area contributed by atoms with Crippen molar-refractivity contribution in [1.82, 2.24) is 20.1 Å². The number of urea groups is 1. The van der Waals surface area contributed by atoms with Crippen LogP contribution < -0.4 is 10.1 Å². The van der Waals surface area contributed by atoms with Gasteiger partial charge in [0.25, 0.3) is 0 Å². The van der Waals surface area contributed by atoms with Gasteiger partial charge in [0, 0.05) is 29.1 Å². The topological polar surface area (TPSA) is 142 Å². The maximum absolute atomic E-state index is 14.4. The van der Waals surface area contributed by atoms with Crippen LogP contribution in [0.15, 0.2) is 58.3 Å². The molecule has 5 rings (SSSR count). The monoisotopic (exact) mass is 623 g/mol. The minimum atomic E-state index is -1.24. The average molecular weight is 624 g/mol. The summed E-state index contributed by atoms with van der Waals surface area (Å²) in [5, 5.41) is 14.3. The number of benzene rings is 2. The highest BCUT2D eigenvalue weighted by Gasteiger charge is 2.46. The Balaban J connectivity index is 1.69. The number of carbonyl (C=O) groups excluding carboxylic acids is 3. The molecule has 224 valence electrons. The first-order valence-corrected chi connectivity index (χ1v) is 14.9. The lowest BCUT2D eigenvalue weighted by Gasteiger charge is -2.35. The summed E-state index contributed by atoms with van der Waals surface area (Å²) in [6.45, 7) is 6.00. The van der Waals surface area contributed by atoms with Crippen molar-refractivity contribution in [2.45, 2.75) is 44.9 Å². The molecule has 1 aromatic heterocycles. The molecule has 0 spiro atoms. The van der Waals surface area contributed by atoms with Crippen LogP contribution >= 0.6 is 22.9 Å². The zero-order valence-electron chi connectivity index (χ0n) is 23.7. The van der Waals surface area contributed by atoms with E-state index < -0.39 is 41.9 Å². The molecule has 2 aliphatic rings. The Labute approximate surface area is 257 Å². The molecule has 43 heavy (non-hydrogen) atoms. The molecule has 2 atom stereocenters.